The molecule has 0 aromatic heterocycles. The molecule has 2 aromatic rings. The quantitative estimate of drug-likeness (QED) is 0.377. The van der Waals surface area contributed by atoms with E-state index in [0.717, 1.165) is 59.3 Å². The van der Waals surface area contributed by atoms with Crippen LogP contribution in [0.25, 0.3) is 0 Å². The molecule has 212 valence electrons. The van der Waals surface area contributed by atoms with E-state index >= 15 is 0 Å². The Morgan fingerprint density at radius 3 is 1.29 bits per heavy atom. The molecule has 38 heavy (non-hydrogen) atoms. The van der Waals surface area contributed by atoms with Crippen molar-refractivity contribution in [3.8, 4) is 11.5 Å². The summed E-state index contributed by atoms with van der Waals surface area (Å²) in [6, 6.07) is 8.48. The maximum Gasteiger partial charge on any atom is 0.142 e. The number of nitrogens with zero attached hydrogens (tertiary/aromatic N) is 1. The van der Waals surface area contributed by atoms with Gasteiger partial charge in [-0.25, -0.2) is 0 Å². The summed E-state index contributed by atoms with van der Waals surface area (Å²) < 4.78 is 0. The summed E-state index contributed by atoms with van der Waals surface area (Å²) in [5.74, 6) is 0.558. The Morgan fingerprint density at radius 1 is 0.605 bits per heavy atom. The first-order valence-corrected chi connectivity index (χ1v) is 14.4. The van der Waals surface area contributed by atoms with Crippen LogP contribution in [0.5, 0.6) is 11.5 Å². The topological polar surface area (TPSA) is 69.7 Å². The number of hydrogen-bond acceptors (Lipinski definition) is 4. The molecule has 0 unspecified atom stereocenters. The lowest BCUT2D eigenvalue weighted by Gasteiger charge is -2.42. The van der Waals surface area contributed by atoms with E-state index in [9.17, 15) is 10.2 Å². The fourth-order valence-corrected chi connectivity index (χ4v) is 5.56. The van der Waals surface area contributed by atoms with E-state index in [1.807, 2.05) is 0 Å². The molecular weight excluding hydrogens is 468 g/mol. The van der Waals surface area contributed by atoms with Crippen molar-refractivity contribution in [2.45, 2.75) is 143 Å². The first-order chi connectivity index (χ1) is 17.1. The Kier molecular flexibility index (Phi) is 8.05. The molecule has 0 saturated heterocycles. The van der Waals surface area contributed by atoms with Gasteiger partial charge < -0.3 is 20.8 Å². The van der Waals surface area contributed by atoms with E-state index < -0.39 is 0 Å². The van der Waals surface area contributed by atoms with Crippen LogP contribution in [-0.2, 0) is 21.7 Å². The molecule has 1 saturated carbocycles. The highest BCUT2D eigenvalue weighted by molar-refractivity contribution is 5.78. The van der Waals surface area contributed by atoms with Crippen molar-refractivity contribution < 1.29 is 10.2 Å². The highest BCUT2D eigenvalue weighted by Crippen LogP contribution is 2.50. The number of benzene rings is 2. The van der Waals surface area contributed by atoms with Crippen molar-refractivity contribution in [2.75, 3.05) is 4.90 Å². The maximum atomic E-state index is 11.9. The van der Waals surface area contributed by atoms with E-state index in [1.165, 1.54) is 0 Å². The van der Waals surface area contributed by atoms with Crippen LogP contribution in [0.2, 0.25) is 0 Å². The average Bonchev–Trinajstić information content (AvgIpc) is 2.74. The number of aromatic hydroxyl groups is 2. The van der Waals surface area contributed by atoms with Gasteiger partial charge in [0.2, 0.25) is 0 Å². The maximum absolute atomic E-state index is 11.9. The van der Waals surface area contributed by atoms with E-state index in [0.29, 0.717) is 0 Å². The molecular formula is C34H54N2O2. The smallest absolute Gasteiger partial charge is 0.142 e. The average molecular weight is 523 g/mol. The Hall–Kier alpha value is -2.20. The minimum atomic E-state index is -0.258. The number of phenolic OH excluding ortho intramolecular Hbond substituents is 2. The SMILES string of the molecule is CC(C)(C)c1cc(N(c2cc(C(C)(C)C)cc(C(C)(C)C)c2O)[C@@H]2CCCC[C@H]2N)c(O)c(C(C)(C)C)c1. The molecule has 4 heteroatoms. The molecule has 1 aliphatic carbocycles. The molecule has 2 aromatic carbocycles. The van der Waals surface area contributed by atoms with Crippen LogP contribution >= 0.6 is 0 Å². The third-order valence-electron chi connectivity index (χ3n) is 8.16. The van der Waals surface area contributed by atoms with Gasteiger partial charge in [-0.15, -0.1) is 0 Å². The zero-order valence-corrected chi connectivity index (χ0v) is 26.2. The second kappa shape index (κ2) is 10.1. The molecule has 3 rings (SSSR count). The number of phenols is 2. The van der Waals surface area contributed by atoms with E-state index in [-0.39, 0.29) is 45.2 Å². The van der Waals surface area contributed by atoms with Gasteiger partial charge in [-0.05, 0) is 57.8 Å². The van der Waals surface area contributed by atoms with Crippen LogP contribution in [0, 0.1) is 0 Å². The van der Waals surface area contributed by atoms with Gasteiger partial charge in [0.05, 0.1) is 11.4 Å². The van der Waals surface area contributed by atoms with E-state index in [2.05, 4.69) is 112 Å². The van der Waals surface area contributed by atoms with Crippen molar-refractivity contribution in [1.82, 2.24) is 0 Å². The fraction of sp³-hybridized carbons (Fsp3) is 0.647. The summed E-state index contributed by atoms with van der Waals surface area (Å²) in [6.07, 6.45) is 4.02. The number of nitrogens with two attached hydrogens (primary N) is 1. The second-order valence-corrected chi connectivity index (χ2v) is 15.7. The van der Waals surface area contributed by atoms with Gasteiger partial charge in [0.15, 0.2) is 0 Å². The van der Waals surface area contributed by atoms with Crippen molar-refractivity contribution in [2.24, 2.45) is 5.73 Å². The number of anilines is 2. The Bertz CT molecular complexity index is 1070. The Balaban J connectivity index is 2.50. The van der Waals surface area contributed by atoms with Gasteiger partial charge in [0.1, 0.15) is 11.5 Å². The summed E-state index contributed by atoms with van der Waals surface area (Å²) >= 11 is 0. The van der Waals surface area contributed by atoms with Crippen LogP contribution in [0.15, 0.2) is 24.3 Å². The number of rotatable bonds is 3. The summed E-state index contributed by atoms with van der Waals surface area (Å²) in [5.41, 5.74) is 11.7. The highest BCUT2D eigenvalue weighted by Gasteiger charge is 2.37. The summed E-state index contributed by atoms with van der Waals surface area (Å²) in [4.78, 5) is 2.20. The van der Waals surface area contributed by atoms with Gasteiger partial charge >= 0.3 is 0 Å². The zero-order valence-electron chi connectivity index (χ0n) is 26.2. The van der Waals surface area contributed by atoms with Gasteiger partial charge in [0, 0.05) is 23.2 Å². The van der Waals surface area contributed by atoms with Crippen LogP contribution < -0.4 is 10.6 Å². The summed E-state index contributed by atoms with van der Waals surface area (Å²) in [7, 11) is 0. The largest absolute Gasteiger partial charge is 0.505 e. The second-order valence-electron chi connectivity index (χ2n) is 15.7. The Labute approximate surface area is 232 Å². The standard InChI is InChI=1S/C34H54N2O2/c1-31(2,3)21-17-23(33(7,8)9)29(37)27(19-21)36(26-16-14-13-15-25(26)35)28-20-22(32(4,5)6)18-24(30(28)38)34(10,11)12/h17-20,25-26,37-38H,13-16,35H2,1-12H3/t25-,26-/m1/s1. The monoisotopic (exact) mass is 522 g/mol. The van der Waals surface area contributed by atoms with E-state index in [4.69, 9.17) is 5.73 Å². The molecule has 0 spiro atoms. The molecule has 1 aliphatic rings. The highest BCUT2D eigenvalue weighted by atomic mass is 16.3. The van der Waals surface area contributed by atoms with Crippen molar-refractivity contribution in [3.05, 3.63) is 46.5 Å². The van der Waals surface area contributed by atoms with Gasteiger partial charge in [-0.2, -0.15) is 0 Å². The lowest BCUT2D eigenvalue weighted by Crippen LogP contribution is -2.48. The van der Waals surface area contributed by atoms with Crippen LogP contribution in [0.1, 0.15) is 131 Å². The normalized spacial score (nSPS) is 19.5. The Morgan fingerprint density at radius 2 is 0.974 bits per heavy atom. The summed E-state index contributed by atoms with van der Waals surface area (Å²) in [5, 5.41) is 23.9. The molecule has 0 amide bonds. The predicted octanol–water partition coefficient (Wildman–Crippen LogP) is 8.70. The van der Waals surface area contributed by atoms with Crippen molar-refractivity contribution in [1.29, 1.82) is 0 Å². The van der Waals surface area contributed by atoms with Crippen molar-refractivity contribution in [3.63, 3.8) is 0 Å². The van der Waals surface area contributed by atoms with Gasteiger partial charge in [-0.1, -0.05) is 108 Å². The van der Waals surface area contributed by atoms with Gasteiger partial charge in [0.25, 0.3) is 0 Å². The lowest BCUT2D eigenvalue weighted by atomic mass is 9.78. The lowest BCUT2D eigenvalue weighted by molar-refractivity contribution is 0.372. The molecule has 4 N–H and O–H groups in total. The van der Waals surface area contributed by atoms with Gasteiger partial charge in [-0.3, -0.25) is 0 Å². The fourth-order valence-electron chi connectivity index (χ4n) is 5.56. The minimum Gasteiger partial charge on any atom is -0.505 e. The van der Waals surface area contributed by atoms with Crippen molar-refractivity contribution >= 4 is 11.4 Å². The molecule has 0 aliphatic heterocycles. The molecule has 4 nitrogen and oxygen atoms in total. The zero-order chi connectivity index (χ0) is 29.0. The van der Waals surface area contributed by atoms with Crippen LogP contribution in [0.3, 0.4) is 0 Å². The van der Waals surface area contributed by atoms with Crippen LogP contribution in [-0.4, -0.2) is 22.3 Å². The number of hydrogen-bond donors (Lipinski definition) is 3. The first kappa shape index (κ1) is 30.3. The predicted molar refractivity (Wildman–Crippen MR) is 163 cm³/mol. The minimum absolute atomic E-state index is 0.0355. The third-order valence-corrected chi connectivity index (χ3v) is 8.16. The molecule has 1 fully saturated rings. The summed E-state index contributed by atoms with van der Waals surface area (Å²) in [6.45, 7) is 26.1. The molecule has 0 heterocycles. The molecule has 2 atom stereocenters. The third kappa shape index (κ3) is 6.17. The van der Waals surface area contributed by atoms with Crippen LogP contribution in [0.4, 0.5) is 11.4 Å². The first-order valence-electron chi connectivity index (χ1n) is 14.4. The molecule has 0 radical (unpaired) electrons. The van der Waals surface area contributed by atoms with E-state index in [1.54, 1.807) is 0 Å². The molecule has 0 bridgehead atoms.